The molecule has 0 saturated heterocycles. The van der Waals surface area contributed by atoms with Gasteiger partial charge in [-0.25, -0.2) is 0 Å². The molecule has 25 heavy (non-hydrogen) atoms. The van der Waals surface area contributed by atoms with Gasteiger partial charge < -0.3 is 0 Å². The fourth-order valence-electron chi connectivity index (χ4n) is 2.80. The number of benzene rings is 3. The van der Waals surface area contributed by atoms with E-state index in [2.05, 4.69) is 54.6 Å². The minimum absolute atomic E-state index is 0.750. The van der Waals surface area contributed by atoms with Crippen LogP contribution in [0.2, 0.25) is 10.0 Å². The maximum Gasteiger partial charge on any atom is 0.0427 e. The zero-order valence-electron chi connectivity index (χ0n) is 13.2. The number of hydrogen-bond acceptors (Lipinski definition) is 1. The summed E-state index contributed by atoms with van der Waals surface area (Å²) in [4.78, 5) is 2.47. The summed E-state index contributed by atoms with van der Waals surface area (Å²) < 4.78 is 0. The fourth-order valence-corrected chi connectivity index (χ4v) is 4.24. The van der Waals surface area contributed by atoms with Gasteiger partial charge in [0.25, 0.3) is 0 Å². The summed E-state index contributed by atoms with van der Waals surface area (Å²) in [6.45, 7) is 0. The first-order chi connectivity index (χ1) is 12.2. The van der Waals surface area contributed by atoms with Crippen LogP contribution in [0.3, 0.4) is 0 Å². The third-order valence-corrected chi connectivity index (χ3v) is 5.79. The summed E-state index contributed by atoms with van der Waals surface area (Å²) in [5.74, 6) is 0. The quantitative estimate of drug-likeness (QED) is 0.337. The molecule has 0 aliphatic rings. The Labute approximate surface area is 161 Å². The van der Waals surface area contributed by atoms with Gasteiger partial charge in [-0.3, -0.25) is 0 Å². The largest absolute Gasteiger partial charge is 0.135 e. The summed E-state index contributed by atoms with van der Waals surface area (Å²) in [7, 11) is 0. The van der Waals surface area contributed by atoms with Crippen LogP contribution in [0.15, 0.2) is 84.9 Å². The van der Waals surface area contributed by atoms with E-state index in [1.807, 2.05) is 30.3 Å². The van der Waals surface area contributed by atoms with Crippen molar-refractivity contribution in [3.63, 3.8) is 0 Å². The Morgan fingerprint density at radius 1 is 0.560 bits per heavy atom. The maximum atomic E-state index is 6.06. The van der Waals surface area contributed by atoms with Gasteiger partial charge in [0.15, 0.2) is 0 Å². The van der Waals surface area contributed by atoms with Crippen LogP contribution >= 0.6 is 34.5 Å². The van der Waals surface area contributed by atoms with Crippen molar-refractivity contribution in [3.8, 4) is 32.0 Å². The Bertz CT molecular complexity index is 985. The highest BCUT2D eigenvalue weighted by molar-refractivity contribution is 7.19. The lowest BCUT2D eigenvalue weighted by Crippen LogP contribution is -1.78. The average molecular weight is 381 g/mol. The molecule has 3 heteroatoms. The SMILES string of the molecule is Clc1ccc(-c2cc(-c3ccccc3)c(-c3ccc(Cl)cc3)s2)cc1. The molecule has 1 heterocycles. The van der Waals surface area contributed by atoms with Crippen LogP contribution in [0.25, 0.3) is 32.0 Å². The van der Waals surface area contributed by atoms with Crippen LogP contribution in [0.5, 0.6) is 0 Å². The average Bonchev–Trinajstić information content (AvgIpc) is 3.09. The number of thiophene rings is 1. The number of halogens is 2. The van der Waals surface area contributed by atoms with Crippen LogP contribution in [0, 0.1) is 0 Å². The van der Waals surface area contributed by atoms with Crippen molar-refractivity contribution < 1.29 is 0 Å². The Balaban J connectivity index is 1.89. The monoisotopic (exact) mass is 380 g/mol. The van der Waals surface area contributed by atoms with Gasteiger partial charge in [0.05, 0.1) is 0 Å². The van der Waals surface area contributed by atoms with Crippen molar-refractivity contribution >= 4 is 34.5 Å². The van der Waals surface area contributed by atoms with Crippen molar-refractivity contribution in [2.75, 3.05) is 0 Å². The van der Waals surface area contributed by atoms with Gasteiger partial charge >= 0.3 is 0 Å². The van der Waals surface area contributed by atoms with Crippen LogP contribution in [-0.2, 0) is 0 Å². The lowest BCUT2D eigenvalue weighted by molar-refractivity contribution is 1.64. The second-order valence-corrected chi connectivity index (χ2v) is 7.66. The second-order valence-electron chi connectivity index (χ2n) is 5.73. The Kier molecular flexibility index (Phi) is 4.63. The van der Waals surface area contributed by atoms with Gasteiger partial charge in [0, 0.05) is 25.4 Å². The molecule has 0 nitrogen and oxygen atoms in total. The van der Waals surface area contributed by atoms with Gasteiger partial charge in [-0.1, -0.05) is 77.8 Å². The molecule has 0 unspecified atom stereocenters. The molecular weight excluding hydrogens is 367 g/mol. The summed E-state index contributed by atoms with van der Waals surface area (Å²) in [5.41, 5.74) is 4.79. The second kappa shape index (κ2) is 7.05. The van der Waals surface area contributed by atoms with Crippen molar-refractivity contribution in [1.82, 2.24) is 0 Å². The number of hydrogen-bond donors (Lipinski definition) is 0. The van der Waals surface area contributed by atoms with Gasteiger partial charge in [0.1, 0.15) is 0 Å². The molecule has 3 aromatic carbocycles. The molecule has 4 aromatic rings. The molecule has 0 amide bonds. The zero-order valence-corrected chi connectivity index (χ0v) is 15.6. The van der Waals surface area contributed by atoms with E-state index in [9.17, 15) is 0 Å². The van der Waals surface area contributed by atoms with E-state index >= 15 is 0 Å². The summed E-state index contributed by atoms with van der Waals surface area (Å²) in [6, 6.07) is 28.7. The first-order valence-corrected chi connectivity index (χ1v) is 9.49. The minimum atomic E-state index is 0.750. The third kappa shape index (κ3) is 3.50. The van der Waals surface area contributed by atoms with Crippen LogP contribution in [0.4, 0.5) is 0 Å². The Hall–Kier alpha value is -2.06. The summed E-state index contributed by atoms with van der Waals surface area (Å²) in [6.07, 6.45) is 0. The van der Waals surface area contributed by atoms with Crippen LogP contribution < -0.4 is 0 Å². The highest BCUT2D eigenvalue weighted by atomic mass is 35.5. The molecule has 0 aliphatic carbocycles. The van der Waals surface area contributed by atoms with Gasteiger partial charge in [-0.05, 0) is 47.0 Å². The molecular formula is C22H14Cl2S. The standard InChI is InChI=1S/C22H14Cl2S/c23-18-10-6-16(7-11-18)21-14-20(15-4-2-1-3-5-15)22(25-21)17-8-12-19(24)13-9-17/h1-14H. The van der Waals surface area contributed by atoms with Crippen molar-refractivity contribution in [3.05, 3.63) is 95.0 Å². The lowest BCUT2D eigenvalue weighted by atomic mass is 10.0. The third-order valence-electron chi connectivity index (χ3n) is 4.05. The molecule has 0 fully saturated rings. The molecule has 0 saturated carbocycles. The molecule has 1 aromatic heterocycles. The van der Waals surface area contributed by atoms with Gasteiger partial charge in [-0.15, -0.1) is 11.3 Å². The lowest BCUT2D eigenvalue weighted by Gasteiger charge is -2.04. The smallest absolute Gasteiger partial charge is 0.0427 e. The van der Waals surface area contributed by atoms with E-state index < -0.39 is 0 Å². The predicted octanol–water partition coefficient (Wildman–Crippen LogP) is 8.06. The van der Waals surface area contributed by atoms with Crippen LogP contribution in [-0.4, -0.2) is 0 Å². The van der Waals surface area contributed by atoms with E-state index in [0.29, 0.717) is 0 Å². The van der Waals surface area contributed by atoms with E-state index in [4.69, 9.17) is 23.2 Å². The van der Waals surface area contributed by atoms with Gasteiger partial charge in [-0.2, -0.15) is 0 Å². The summed E-state index contributed by atoms with van der Waals surface area (Å²) >= 11 is 13.9. The molecule has 122 valence electrons. The highest BCUT2D eigenvalue weighted by Gasteiger charge is 2.14. The first kappa shape index (κ1) is 16.4. The minimum Gasteiger partial charge on any atom is -0.135 e. The normalized spacial score (nSPS) is 10.8. The number of rotatable bonds is 3. The van der Waals surface area contributed by atoms with Crippen molar-refractivity contribution in [2.24, 2.45) is 0 Å². The van der Waals surface area contributed by atoms with E-state index in [1.54, 1.807) is 11.3 Å². The zero-order chi connectivity index (χ0) is 17.2. The van der Waals surface area contributed by atoms with Crippen molar-refractivity contribution in [2.45, 2.75) is 0 Å². The predicted molar refractivity (Wildman–Crippen MR) is 111 cm³/mol. The van der Waals surface area contributed by atoms with Gasteiger partial charge in [0.2, 0.25) is 0 Å². The fraction of sp³-hybridized carbons (Fsp3) is 0. The molecule has 0 atom stereocenters. The Morgan fingerprint density at radius 3 is 1.72 bits per heavy atom. The first-order valence-electron chi connectivity index (χ1n) is 7.92. The topological polar surface area (TPSA) is 0 Å². The molecule has 0 spiro atoms. The molecule has 4 rings (SSSR count). The summed E-state index contributed by atoms with van der Waals surface area (Å²) in [5, 5.41) is 1.50. The van der Waals surface area contributed by atoms with E-state index in [1.165, 1.54) is 32.0 Å². The molecule has 0 N–H and O–H groups in total. The Morgan fingerprint density at radius 2 is 1.12 bits per heavy atom. The molecule has 0 bridgehead atoms. The van der Waals surface area contributed by atoms with Crippen LogP contribution in [0.1, 0.15) is 0 Å². The molecule has 0 aliphatic heterocycles. The van der Waals surface area contributed by atoms with Crippen molar-refractivity contribution in [1.29, 1.82) is 0 Å². The highest BCUT2D eigenvalue weighted by Crippen LogP contribution is 2.43. The maximum absolute atomic E-state index is 6.06. The van der Waals surface area contributed by atoms with E-state index in [-0.39, 0.29) is 0 Å². The molecule has 0 radical (unpaired) electrons. The van der Waals surface area contributed by atoms with E-state index in [0.717, 1.165) is 10.0 Å².